The molecule has 15 heavy (non-hydrogen) atoms. The van der Waals surface area contributed by atoms with Crippen molar-refractivity contribution in [1.82, 2.24) is 4.90 Å². The molecule has 0 aliphatic carbocycles. The molecule has 4 nitrogen and oxygen atoms in total. The van der Waals surface area contributed by atoms with Crippen LogP contribution in [0.1, 0.15) is 32.1 Å². The van der Waals surface area contributed by atoms with Crippen molar-refractivity contribution in [2.45, 2.75) is 32.1 Å². The molecule has 0 bridgehead atoms. The molecule has 0 unspecified atom stereocenters. The lowest BCUT2D eigenvalue weighted by Crippen LogP contribution is -2.27. The number of ether oxygens (including phenoxy) is 1. The van der Waals surface area contributed by atoms with Gasteiger partial charge < -0.3 is 14.7 Å². The van der Waals surface area contributed by atoms with Crippen LogP contribution in [0.2, 0.25) is 0 Å². The third kappa shape index (κ3) is 6.47. The van der Waals surface area contributed by atoms with Gasteiger partial charge in [-0.25, -0.2) is 0 Å². The summed E-state index contributed by atoms with van der Waals surface area (Å²) in [5, 5.41) is 8.47. The van der Waals surface area contributed by atoms with Crippen molar-refractivity contribution in [3.8, 4) is 0 Å². The predicted octanol–water partition coefficient (Wildman–Crippen LogP) is 1.35. The molecule has 1 saturated heterocycles. The molecule has 1 aliphatic rings. The second-order valence-corrected chi connectivity index (χ2v) is 4.01. The van der Waals surface area contributed by atoms with Crippen molar-refractivity contribution in [3.05, 3.63) is 0 Å². The average Bonchev–Trinajstić information content (AvgIpc) is 2.45. The molecule has 1 heterocycles. The van der Waals surface area contributed by atoms with Gasteiger partial charge in [-0.3, -0.25) is 4.79 Å². The Labute approximate surface area is 91.2 Å². The van der Waals surface area contributed by atoms with Crippen LogP contribution in [-0.2, 0) is 9.53 Å². The minimum absolute atomic E-state index is 0.309. The molecule has 1 aliphatic heterocycles. The predicted molar refractivity (Wildman–Crippen MR) is 58.0 cm³/mol. The summed E-state index contributed by atoms with van der Waals surface area (Å²) < 4.78 is 5.36. The van der Waals surface area contributed by atoms with Crippen LogP contribution in [0, 0.1) is 0 Å². The highest BCUT2D eigenvalue weighted by Gasteiger charge is 2.08. The van der Waals surface area contributed by atoms with Crippen LogP contribution in [0.25, 0.3) is 0 Å². The Balaban J connectivity index is 1.96. The molecule has 88 valence electrons. The summed E-state index contributed by atoms with van der Waals surface area (Å²) >= 11 is 0. The first-order chi connectivity index (χ1) is 7.29. The summed E-state index contributed by atoms with van der Waals surface area (Å²) in [7, 11) is 0. The van der Waals surface area contributed by atoms with Crippen molar-refractivity contribution < 1.29 is 14.6 Å². The number of carboxylic acids is 1. The van der Waals surface area contributed by atoms with E-state index >= 15 is 0 Å². The molecule has 0 aromatic rings. The van der Waals surface area contributed by atoms with Gasteiger partial charge in [0.15, 0.2) is 0 Å². The molecule has 0 saturated carbocycles. The molecule has 0 atom stereocenters. The minimum atomic E-state index is -0.682. The maximum atomic E-state index is 10.3. The summed E-state index contributed by atoms with van der Waals surface area (Å²) in [6.07, 6.45) is 4.36. The van der Waals surface area contributed by atoms with Crippen LogP contribution in [0.3, 0.4) is 0 Å². The molecular formula is C11H21NO3. The standard InChI is InChI=1S/C11H21NO3/c13-11(14)5-2-1-3-6-12-7-4-9-15-10-8-12/h1-10H2,(H,13,14). The Morgan fingerprint density at radius 2 is 2.07 bits per heavy atom. The fraction of sp³-hybridized carbons (Fsp3) is 0.909. The number of carbonyl (C=O) groups is 1. The number of aliphatic carboxylic acids is 1. The van der Waals surface area contributed by atoms with Crippen LogP contribution in [-0.4, -0.2) is 48.8 Å². The van der Waals surface area contributed by atoms with Gasteiger partial charge in [-0.1, -0.05) is 6.42 Å². The van der Waals surface area contributed by atoms with Gasteiger partial charge in [0.1, 0.15) is 0 Å². The first-order valence-corrected chi connectivity index (χ1v) is 5.81. The third-order valence-electron chi connectivity index (χ3n) is 2.68. The van der Waals surface area contributed by atoms with E-state index in [4.69, 9.17) is 9.84 Å². The summed E-state index contributed by atoms with van der Waals surface area (Å²) in [4.78, 5) is 12.7. The van der Waals surface area contributed by atoms with Crippen LogP contribution >= 0.6 is 0 Å². The molecule has 0 aromatic heterocycles. The van der Waals surface area contributed by atoms with E-state index in [1.807, 2.05) is 0 Å². The summed E-state index contributed by atoms with van der Waals surface area (Å²) in [5.74, 6) is -0.682. The SMILES string of the molecule is O=C(O)CCCCCN1CCCOCC1. The maximum absolute atomic E-state index is 10.3. The first-order valence-electron chi connectivity index (χ1n) is 5.81. The lowest BCUT2D eigenvalue weighted by Gasteiger charge is -2.18. The zero-order chi connectivity index (χ0) is 10.9. The number of rotatable bonds is 6. The average molecular weight is 215 g/mol. The van der Waals surface area contributed by atoms with Gasteiger partial charge >= 0.3 is 5.97 Å². The third-order valence-corrected chi connectivity index (χ3v) is 2.68. The lowest BCUT2D eigenvalue weighted by atomic mass is 10.2. The molecule has 0 aromatic carbocycles. The number of hydrogen-bond donors (Lipinski definition) is 1. The highest BCUT2D eigenvalue weighted by atomic mass is 16.5. The second kappa shape index (κ2) is 7.65. The van der Waals surface area contributed by atoms with Crippen LogP contribution in [0.15, 0.2) is 0 Å². The van der Waals surface area contributed by atoms with E-state index in [1.165, 1.54) is 0 Å². The van der Waals surface area contributed by atoms with E-state index in [0.29, 0.717) is 6.42 Å². The zero-order valence-electron chi connectivity index (χ0n) is 9.28. The van der Waals surface area contributed by atoms with Gasteiger partial charge in [0.2, 0.25) is 0 Å². The van der Waals surface area contributed by atoms with Crippen molar-refractivity contribution in [2.75, 3.05) is 32.8 Å². The maximum Gasteiger partial charge on any atom is 0.303 e. The largest absolute Gasteiger partial charge is 0.481 e. The minimum Gasteiger partial charge on any atom is -0.481 e. The van der Waals surface area contributed by atoms with E-state index in [-0.39, 0.29) is 0 Å². The van der Waals surface area contributed by atoms with Gasteiger partial charge in [0.25, 0.3) is 0 Å². The van der Waals surface area contributed by atoms with E-state index in [9.17, 15) is 4.79 Å². The summed E-state index contributed by atoms with van der Waals surface area (Å²) in [6, 6.07) is 0. The number of hydrogen-bond acceptors (Lipinski definition) is 3. The normalized spacial score (nSPS) is 18.7. The van der Waals surface area contributed by atoms with Gasteiger partial charge in [-0.2, -0.15) is 0 Å². The molecule has 1 rings (SSSR count). The van der Waals surface area contributed by atoms with Crippen molar-refractivity contribution >= 4 is 5.97 Å². The molecule has 1 fully saturated rings. The Hall–Kier alpha value is -0.610. The molecule has 1 N–H and O–H groups in total. The number of unbranched alkanes of at least 4 members (excludes halogenated alkanes) is 2. The highest BCUT2D eigenvalue weighted by molar-refractivity contribution is 5.66. The van der Waals surface area contributed by atoms with E-state index in [2.05, 4.69) is 4.90 Å². The Bertz CT molecular complexity index is 177. The zero-order valence-corrected chi connectivity index (χ0v) is 9.28. The fourth-order valence-electron chi connectivity index (χ4n) is 1.81. The monoisotopic (exact) mass is 215 g/mol. The van der Waals surface area contributed by atoms with Gasteiger partial charge in [0.05, 0.1) is 6.61 Å². The molecule has 4 heteroatoms. The fourth-order valence-corrected chi connectivity index (χ4v) is 1.81. The van der Waals surface area contributed by atoms with E-state index in [1.54, 1.807) is 0 Å². The molecule has 0 amide bonds. The van der Waals surface area contributed by atoms with Crippen LogP contribution in [0.4, 0.5) is 0 Å². The molecular weight excluding hydrogens is 194 g/mol. The Kier molecular flexibility index (Phi) is 6.36. The second-order valence-electron chi connectivity index (χ2n) is 4.01. The highest BCUT2D eigenvalue weighted by Crippen LogP contribution is 2.04. The number of nitrogens with zero attached hydrogens (tertiary/aromatic N) is 1. The Morgan fingerprint density at radius 1 is 1.20 bits per heavy atom. The topological polar surface area (TPSA) is 49.8 Å². The van der Waals surface area contributed by atoms with Gasteiger partial charge in [-0.05, 0) is 25.8 Å². The van der Waals surface area contributed by atoms with Gasteiger partial charge in [0, 0.05) is 26.1 Å². The summed E-state index contributed by atoms with van der Waals surface area (Å²) in [6.45, 7) is 4.96. The molecule has 0 radical (unpaired) electrons. The smallest absolute Gasteiger partial charge is 0.303 e. The first kappa shape index (κ1) is 12.5. The summed E-state index contributed by atoms with van der Waals surface area (Å²) in [5.41, 5.74) is 0. The Morgan fingerprint density at radius 3 is 2.87 bits per heavy atom. The van der Waals surface area contributed by atoms with Crippen LogP contribution < -0.4 is 0 Å². The number of carboxylic acid groups (broad SMARTS) is 1. The van der Waals surface area contributed by atoms with E-state index in [0.717, 1.165) is 58.5 Å². The van der Waals surface area contributed by atoms with Crippen LogP contribution in [0.5, 0.6) is 0 Å². The van der Waals surface area contributed by atoms with Gasteiger partial charge in [-0.15, -0.1) is 0 Å². The van der Waals surface area contributed by atoms with Crippen molar-refractivity contribution in [2.24, 2.45) is 0 Å². The lowest BCUT2D eigenvalue weighted by molar-refractivity contribution is -0.137. The van der Waals surface area contributed by atoms with Crippen molar-refractivity contribution in [1.29, 1.82) is 0 Å². The molecule has 0 spiro atoms. The quantitative estimate of drug-likeness (QED) is 0.680. The van der Waals surface area contributed by atoms with E-state index < -0.39 is 5.97 Å². The van der Waals surface area contributed by atoms with Crippen molar-refractivity contribution in [3.63, 3.8) is 0 Å².